The predicted molar refractivity (Wildman–Crippen MR) is 64.5 cm³/mol. The lowest BCUT2D eigenvalue weighted by atomic mass is 10.0. The summed E-state index contributed by atoms with van der Waals surface area (Å²) in [6, 6.07) is 3.32. The van der Waals surface area contributed by atoms with Crippen molar-refractivity contribution in [3.05, 3.63) is 29.0 Å². The van der Waals surface area contributed by atoms with Crippen LogP contribution in [0.4, 0.5) is 0 Å². The Kier molecular flexibility index (Phi) is 2.82. The SMILES string of the molecule is COc1ccc2c(C)c(C(=O)O)oc2c1C(C)=O. The first-order valence-electron chi connectivity index (χ1n) is 5.31. The van der Waals surface area contributed by atoms with E-state index in [4.69, 9.17) is 14.3 Å². The highest BCUT2D eigenvalue weighted by Crippen LogP contribution is 2.33. The maximum atomic E-state index is 11.6. The molecule has 0 amide bonds. The zero-order chi connectivity index (χ0) is 13.4. The van der Waals surface area contributed by atoms with E-state index in [-0.39, 0.29) is 22.7 Å². The Hall–Kier alpha value is -2.30. The Bertz CT molecular complexity index is 651. The van der Waals surface area contributed by atoms with Crippen LogP contribution in [-0.4, -0.2) is 24.0 Å². The summed E-state index contributed by atoms with van der Waals surface area (Å²) in [5.41, 5.74) is 1.03. The van der Waals surface area contributed by atoms with Crippen LogP contribution in [0.15, 0.2) is 16.5 Å². The summed E-state index contributed by atoms with van der Waals surface area (Å²) >= 11 is 0. The maximum Gasteiger partial charge on any atom is 0.372 e. The summed E-state index contributed by atoms with van der Waals surface area (Å²) in [5, 5.41) is 9.62. The molecule has 0 aliphatic carbocycles. The normalized spacial score (nSPS) is 10.6. The molecule has 2 aromatic rings. The van der Waals surface area contributed by atoms with Gasteiger partial charge >= 0.3 is 5.97 Å². The summed E-state index contributed by atoms with van der Waals surface area (Å²) in [5.74, 6) is -1.17. The molecule has 1 N–H and O–H groups in total. The first-order valence-corrected chi connectivity index (χ1v) is 5.31. The molecule has 0 spiro atoms. The molecule has 0 aliphatic rings. The number of Topliss-reactive ketones (excluding diaryl/α,β-unsaturated/α-hetero) is 1. The van der Waals surface area contributed by atoms with Crippen molar-refractivity contribution in [2.75, 3.05) is 7.11 Å². The van der Waals surface area contributed by atoms with Crippen LogP contribution in [-0.2, 0) is 0 Å². The van der Waals surface area contributed by atoms with E-state index >= 15 is 0 Å². The lowest BCUT2D eigenvalue weighted by Crippen LogP contribution is -1.97. The Labute approximate surface area is 103 Å². The second-order valence-electron chi connectivity index (χ2n) is 3.94. The summed E-state index contributed by atoms with van der Waals surface area (Å²) in [6.45, 7) is 3.03. The van der Waals surface area contributed by atoms with E-state index in [2.05, 4.69) is 0 Å². The highest BCUT2D eigenvalue weighted by molar-refractivity contribution is 6.09. The summed E-state index contributed by atoms with van der Waals surface area (Å²) in [4.78, 5) is 22.7. The number of benzene rings is 1. The number of ketones is 1. The number of carboxylic acids is 1. The fourth-order valence-corrected chi connectivity index (χ4v) is 1.97. The molecule has 0 fully saturated rings. The van der Waals surface area contributed by atoms with Crippen LogP contribution in [0.1, 0.15) is 33.4 Å². The molecule has 18 heavy (non-hydrogen) atoms. The van der Waals surface area contributed by atoms with Crippen molar-refractivity contribution in [1.82, 2.24) is 0 Å². The molecule has 0 saturated heterocycles. The van der Waals surface area contributed by atoms with Crippen molar-refractivity contribution < 1.29 is 23.8 Å². The van der Waals surface area contributed by atoms with Crippen LogP contribution in [0, 0.1) is 6.92 Å². The third kappa shape index (κ3) is 1.64. The lowest BCUT2D eigenvalue weighted by Gasteiger charge is -2.05. The second kappa shape index (κ2) is 4.18. The van der Waals surface area contributed by atoms with E-state index in [1.807, 2.05) is 0 Å². The minimum atomic E-state index is -1.16. The summed E-state index contributed by atoms with van der Waals surface area (Å²) in [7, 11) is 1.45. The molecule has 5 heteroatoms. The molecule has 5 nitrogen and oxygen atoms in total. The average Bonchev–Trinajstić information content (AvgIpc) is 2.65. The van der Waals surface area contributed by atoms with Crippen LogP contribution in [0.3, 0.4) is 0 Å². The molecule has 0 radical (unpaired) electrons. The van der Waals surface area contributed by atoms with Crippen LogP contribution in [0.2, 0.25) is 0 Å². The molecule has 0 saturated carbocycles. The number of carboxylic acid groups (broad SMARTS) is 1. The van der Waals surface area contributed by atoms with Crippen molar-refractivity contribution in [2.45, 2.75) is 13.8 Å². The molecule has 1 heterocycles. The molecular weight excluding hydrogens is 236 g/mol. The smallest absolute Gasteiger partial charge is 0.372 e. The number of fused-ring (bicyclic) bond motifs is 1. The molecule has 94 valence electrons. The topological polar surface area (TPSA) is 76.7 Å². The number of ether oxygens (including phenoxy) is 1. The van der Waals surface area contributed by atoms with Gasteiger partial charge in [-0.05, 0) is 26.0 Å². The second-order valence-corrected chi connectivity index (χ2v) is 3.94. The highest BCUT2D eigenvalue weighted by Gasteiger charge is 2.22. The van der Waals surface area contributed by atoms with E-state index in [0.717, 1.165) is 0 Å². The molecule has 1 aromatic carbocycles. The number of methoxy groups -OCH3 is 1. The van der Waals surface area contributed by atoms with Gasteiger partial charge in [-0.25, -0.2) is 4.79 Å². The zero-order valence-electron chi connectivity index (χ0n) is 10.2. The molecule has 0 aliphatic heterocycles. The van der Waals surface area contributed by atoms with Gasteiger partial charge in [0.2, 0.25) is 5.76 Å². The van der Waals surface area contributed by atoms with Crippen molar-refractivity contribution in [2.24, 2.45) is 0 Å². The Morgan fingerprint density at radius 2 is 2.00 bits per heavy atom. The molecule has 1 aromatic heterocycles. The molecular formula is C13H12O5. The summed E-state index contributed by atoms with van der Waals surface area (Å²) < 4.78 is 10.4. The van der Waals surface area contributed by atoms with Gasteiger partial charge in [0.05, 0.1) is 7.11 Å². The van der Waals surface area contributed by atoms with Crippen LogP contribution in [0.5, 0.6) is 5.75 Å². The number of carbonyl (C=O) groups excluding carboxylic acids is 1. The standard InChI is InChI=1S/C13H12O5/c1-6-8-4-5-9(17-3)10(7(2)14)12(8)18-11(6)13(15)16/h4-5H,1-3H3,(H,15,16). The third-order valence-electron chi connectivity index (χ3n) is 2.83. The van der Waals surface area contributed by atoms with Crippen molar-refractivity contribution in [3.8, 4) is 5.75 Å². The van der Waals surface area contributed by atoms with Crippen molar-refractivity contribution in [3.63, 3.8) is 0 Å². The lowest BCUT2D eigenvalue weighted by molar-refractivity contribution is 0.0663. The van der Waals surface area contributed by atoms with Gasteiger partial charge in [0.1, 0.15) is 16.9 Å². The van der Waals surface area contributed by atoms with Crippen LogP contribution >= 0.6 is 0 Å². The molecule has 0 bridgehead atoms. The van der Waals surface area contributed by atoms with E-state index in [1.54, 1.807) is 19.1 Å². The number of furan rings is 1. The zero-order valence-corrected chi connectivity index (χ0v) is 10.2. The fraction of sp³-hybridized carbons (Fsp3) is 0.231. The molecule has 0 unspecified atom stereocenters. The van der Waals surface area contributed by atoms with Gasteiger partial charge in [0.25, 0.3) is 0 Å². The largest absolute Gasteiger partial charge is 0.496 e. The van der Waals surface area contributed by atoms with Crippen LogP contribution in [0.25, 0.3) is 11.0 Å². The first-order chi connectivity index (χ1) is 8.47. The van der Waals surface area contributed by atoms with Gasteiger partial charge < -0.3 is 14.3 Å². The van der Waals surface area contributed by atoms with E-state index in [1.165, 1.54) is 14.0 Å². The Morgan fingerprint density at radius 1 is 1.33 bits per heavy atom. The first kappa shape index (κ1) is 12.2. The predicted octanol–water partition coefficient (Wildman–Crippen LogP) is 2.65. The number of aryl methyl sites for hydroxylation is 1. The van der Waals surface area contributed by atoms with Crippen molar-refractivity contribution >= 4 is 22.7 Å². The monoisotopic (exact) mass is 248 g/mol. The molecule has 0 atom stereocenters. The number of hydrogen-bond donors (Lipinski definition) is 1. The van der Waals surface area contributed by atoms with Gasteiger partial charge in [0.15, 0.2) is 5.78 Å². The van der Waals surface area contributed by atoms with Crippen LogP contribution < -0.4 is 4.74 Å². The number of carbonyl (C=O) groups is 2. The van der Waals surface area contributed by atoms with Gasteiger partial charge in [-0.3, -0.25) is 4.79 Å². The summed E-state index contributed by atoms with van der Waals surface area (Å²) in [6.07, 6.45) is 0. The number of aromatic carboxylic acids is 1. The maximum absolute atomic E-state index is 11.6. The average molecular weight is 248 g/mol. The molecule has 2 rings (SSSR count). The quantitative estimate of drug-likeness (QED) is 0.845. The van der Waals surface area contributed by atoms with Gasteiger partial charge in [-0.15, -0.1) is 0 Å². The minimum Gasteiger partial charge on any atom is -0.496 e. The van der Waals surface area contributed by atoms with Gasteiger partial charge in [-0.1, -0.05) is 0 Å². The minimum absolute atomic E-state index is 0.152. The van der Waals surface area contributed by atoms with E-state index in [9.17, 15) is 9.59 Å². The fourth-order valence-electron chi connectivity index (χ4n) is 1.97. The van der Waals surface area contributed by atoms with E-state index in [0.29, 0.717) is 16.7 Å². The number of rotatable bonds is 3. The van der Waals surface area contributed by atoms with Gasteiger partial charge in [-0.2, -0.15) is 0 Å². The highest BCUT2D eigenvalue weighted by atomic mass is 16.5. The number of hydrogen-bond acceptors (Lipinski definition) is 4. The van der Waals surface area contributed by atoms with E-state index < -0.39 is 5.97 Å². The Morgan fingerprint density at radius 3 is 2.50 bits per heavy atom. The van der Waals surface area contributed by atoms with Crippen molar-refractivity contribution in [1.29, 1.82) is 0 Å². The van der Waals surface area contributed by atoms with Gasteiger partial charge in [0, 0.05) is 10.9 Å². The Balaban J connectivity index is 2.89. The third-order valence-corrected chi connectivity index (χ3v) is 2.83.